The summed E-state index contributed by atoms with van der Waals surface area (Å²) in [5.74, 6) is 1.11. The molecule has 1 aromatic rings. The third-order valence-electron chi connectivity index (χ3n) is 3.39. The number of hydrogen-bond acceptors (Lipinski definition) is 3. The van der Waals surface area contributed by atoms with Crippen LogP contribution in [0.25, 0.3) is 0 Å². The van der Waals surface area contributed by atoms with E-state index in [0.29, 0.717) is 6.04 Å². The molecule has 2 N–H and O–H groups in total. The third-order valence-corrected chi connectivity index (χ3v) is 3.39. The maximum atomic E-state index is 9.42. The Morgan fingerprint density at radius 3 is 2.88 bits per heavy atom. The molecule has 1 aliphatic carbocycles. The second-order valence-corrected chi connectivity index (χ2v) is 4.52. The SMILES string of the molecule is CCn1ccnc1CNC1CCC(O)CC1. The van der Waals surface area contributed by atoms with Crippen LogP contribution >= 0.6 is 0 Å². The molecule has 0 atom stereocenters. The molecule has 1 aromatic heterocycles. The van der Waals surface area contributed by atoms with Gasteiger partial charge in [-0.2, -0.15) is 0 Å². The van der Waals surface area contributed by atoms with E-state index in [4.69, 9.17) is 0 Å². The normalized spacial score (nSPS) is 25.9. The van der Waals surface area contributed by atoms with Gasteiger partial charge < -0.3 is 15.0 Å². The summed E-state index contributed by atoms with van der Waals surface area (Å²) in [4.78, 5) is 4.34. The first-order valence-electron chi connectivity index (χ1n) is 6.21. The van der Waals surface area contributed by atoms with Gasteiger partial charge in [0.25, 0.3) is 0 Å². The van der Waals surface area contributed by atoms with Gasteiger partial charge in [0.05, 0.1) is 12.6 Å². The molecule has 4 nitrogen and oxygen atoms in total. The smallest absolute Gasteiger partial charge is 0.122 e. The van der Waals surface area contributed by atoms with Crippen molar-refractivity contribution < 1.29 is 5.11 Å². The van der Waals surface area contributed by atoms with Crippen LogP contribution in [0.15, 0.2) is 12.4 Å². The summed E-state index contributed by atoms with van der Waals surface area (Å²) in [6.45, 7) is 3.93. The van der Waals surface area contributed by atoms with Gasteiger partial charge in [0.2, 0.25) is 0 Å². The molecule has 2 rings (SSSR count). The van der Waals surface area contributed by atoms with Gasteiger partial charge in [0, 0.05) is 25.0 Å². The molecule has 0 spiro atoms. The van der Waals surface area contributed by atoms with Crippen LogP contribution < -0.4 is 5.32 Å². The average Bonchev–Trinajstić information content (AvgIpc) is 2.76. The van der Waals surface area contributed by atoms with Gasteiger partial charge in [0.15, 0.2) is 0 Å². The second kappa shape index (κ2) is 5.46. The highest BCUT2D eigenvalue weighted by Gasteiger charge is 2.18. The van der Waals surface area contributed by atoms with Crippen molar-refractivity contribution in [2.75, 3.05) is 0 Å². The highest BCUT2D eigenvalue weighted by Crippen LogP contribution is 2.18. The number of aromatic nitrogens is 2. The van der Waals surface area contributed by atoms with Crippen LogP contribution in [0.2, 0.25) is 0 Å². The number of rotatable bonds is 4. The predicted octanol–water partition coefficient (Wildman–Crippen LogP) is 1.30. The second-order valence-electron chi connectivity index (χ2n) is 4.52. The molecule has 0 aromatic carbocycles. The first-order chi connectivity index (χ1) is 7.79. The van der Waals surface area contributed by atoms with Crippen LogP contribution in [0.5, 0.6) is 0 Å². The monoisotopic (exact) mass is 223 g/mol. The Morgan fingerprint density at radius 1 is 1.44 bits per heavy atom. The third kappa shape index (κ3) is 2.83. The summed E-state index contributed by atoms with van der Waals surface area (Å²) >= 11 is 0. The van der Waals surface area contributed by atoms with Gasteiger partial charge in [-0.25, -0.2) is 4.98 Å². The van der Waals surface area contributed by atoms with Crippen molar-refractivity contribution >= 4 is 0 Å². The molecule has 1 aliphatic rings. The number of aryl methyl sites for hydroxylation is 1. The first kappa shape index (κ1) is 11.6. The lowest BCUT2D eigenvalue weighted by Crippen LogP contribution is -2.34. The number of nitrogens with one attached hydrogen (secondary N) is 1. The fourth-order valence-electron chi connectivity index (χ4n) is 2.31. The molecule has 0 radical (unpaired) electrons. The predicted molar refractivity (Wildman–Crippen MR) is 63.0 cm³/mol. The van der Waals surface area contributed by atoms with Gasteiger partial charge in [-0.1, -0.05) is 0 Å². The maximum Gasteiger partial charge on any atom is 0.122 e. The van der Waals surface area contributed by atoms with Crippen molar-refractivity contribution in [1.29, 1.82) is 0 Å². The van der Waals surface area contributed by atoms with Crippen molar-refractivity contribution in [1.82, 2.24) is 14.9 Å². The summed E-state index contributed by atoms with van der Waals surface area (Å²) in [6, 6.07) is 0.547. The fourth-order valence-corrected chi connectivity index (χ4v) is 2.31. The summed E-state index contributed by atoms with van der Waals surface area (Å²) in [7, 11) is 0. The van der Waals surface area contributed by atoms with Crippen molar-refractivity contribution in [2.24, 2.45) is 0 Å². The Balaban J connectivity index is 1.79. The van der Waals surface area contributed by atoms with Gasteiger partial charge in [-0.05, 0) is 32.6 Å². The Labute approximate surface area is 96.7 Å². The van der Waals surface area contributed by atoms with E-state index in [1.807, 2.05) is 12.4 Å². The van der Waals surface area contributed by atoms with Crippen LogP contribution in [-0.2, 0) is 13.1 Å². The summed E-state index contributed by atoms with van der Waals surface area (Å²) in [6.07, 6.45) is 7.81. The first-order valence-corrected chi connectivity index (χ1v) is 6.21. The Bertz CT molecular complexity index is 316. The molecule has 0 amide bonds. The average molecular weight is 223 g/mol. The Morgan fingerprint density at radius 2 is 2.19 bits per heavy atom. The van der Waals surface area contributed by atoms with Gasteiger partial charge in [0.1, 0.15) is 5.82 Å². The highest BCUT2D eigenvalue weighted by molar-refractivity contribution is 4.92. The van der Waals surface area contributed by atoms with E-state index in [-0.39, 0.29) is 6.10 Å². The Hall–Kier alpha value is -0.870. The number of imidazole rings is 1. The topological polar surface area (TPSA) is 50.1 Å². The number of aliphatic hydroxyl groups excluding tert-OH is 1. The minimum atomic E-state index is -0.0734. The van der Waals surface area contributed by atoms with Gasteiger partial charge in [-0.15, -0.1) is 0 Å². The number of aliphatic hydroxyl groups is 1. The zero-order valence-electron chi connectivity index (χ0n) is 9.89. The van der Waals surface area contributed by atoms with E-state index in [1.54, 1.807) is 0 Å². The van der Waals surface area contributed by atoms with E-state index in [1.165, 1.54) is 0 Å². The van der Waals surface area contributed by atoms with Crippen molar-refractivity contribution in [3.8, 4) is 0 Å². The molecule has 1 fully saturated rings. The van der Waals surface area contributed by atoms with E-state index in [2.05, 4.69) is 21.8 Å². The molecule has 90 valence electrons. The zero-order valence-corrected chi connectivity index (χ0v) is 9.89. The Kier molecular flexibility index (Phi) is 3.96. The maximum absolute atomic E-state index is 9.42. The summed E-state index contributed by atoms with van der Waals surface area (Å²) < 4.78 is 2.16. The summed E-state index contributed by atoms with van der Waals surface area (Å²) in [5.41, 5.74) is 0. The van der Waals surface area contributed by atoms with Crippen molar-refractivity contribution in [3.63, 3.8) is 0 Å². The molecule has 1 saturated carbocycles. The lowest BCUT2D eigenvalue weighted by atomic mass is 9.93. The molecule has 0 saturated heterocycles. The van der Waals surface area contributed by atoms with E-state index in [0.717, 1.165) is 44.6 Å². The van der Waals surface area contributed by atoms with E-state index >= 15 is 0 Å². The molecular formula is C12H21N3O. The molecule has 1 heterocycles. The quantitative estimate of drug-likeness (QED) is 0.809. The minimum Gasteiger partial charge on any atom is -0.393 e. The molecule has 0 bridgehead atoms. The standard InChI is InChI=1S/C12H21N3O/c1-2-15-8-7-13-12(15)9-14-10-3-5-11(16)6-4-10/h7-8,10-11,14,16H,2-6,9H2,1H3. The molecule has 4 heteroatoms. The summed E-state index contributed by atoms with van der Waals surface area (Å²) in [5, 5.41) is 12.9. The molecule has 16 heavy (non-hydrogen) atoms. The molecule has 0 unspecified atom stereocenters. The zero-order chi connectivity index (χ0) is 11.4. The van der Waals surface area contributed by atoms with Crippen molar-refractivity contribution in [2.45, 2.75) is 57.8 Å². The molecular weight excluding hydrogens is 202 g/mol. The highest BCUT2D eigenvalue weighted by atomic mass is 16.3. The van der Waals surface area contributed by atoms with E-state index < -0.39 is 0 Å². The number of nitrogens with zero attached hydrogens (tertiary/aromatic N) is 2. The van der Waals surface area contributed by atoms with Crippen molar-refractivity contribution in [3.05, 3.63) is 18.2 Å². The largest absolute Gasteiger partial charge is 0.393 e. The van der Waals surface area contributed by atoms with Crippen LogP contribution in [-0.4, -0.2) is 26.8 Å². The van der Waals surface area contributed by atoms with Crippen LogP contribution in [0.1, 0.15) is 38.4 Å². The van der Waals surface area contributed by atoms with E-state index in [9.17, 15) is 5.11 Å². The fraction of sp³-hybridized carbons (Fsp3) is 0.750. The lowest BCUT2D eigenvalue weighted by Gasteiger charge is -2.26. The van der Waals surface area contributed by atoms with Crippen LogP contribution in [0, 0.1) is 0 Å². The molecule has 0 aliphatic heterocycles. The lowest BCUT2D eigenvalue weighted by molar-refractivity contribution is 0.116. The minimum absolute atomic E-state index is 0.0734. The number of hydrogen-bond donors (Lipinski definition) is 2. The van der Waals surface area contributed by atoms with Crippen LogP contribution in [0.4, 0.5) is 0 Å². The van der Waals surface area contributed by atoms with Gasteiger partial charge in [-0.3, -0.25) is 0 Å². The van der Waals surface area contributed by atoms with Crippen LogP contribution in [0.3, 0.4) is 0 Å². The van der Waals surface area contributed by atoms with Gasteiger partial charge >= 0.3 is 0 Å².